The van der Waals surface area contributed by atoms with Crippen LogP contribution in [0.15, 0.2) is 52.4 Å². The summed E-state index contributed by atoms with van der Waals surface area (Å²) < 4.78 is 3.73. The molecule has 4 aromatic rings. The molecule has 0 aliphatic heterocycles. The molecule has 5 nitrogen and oxygen atoms in total. The molecule has 0 unspecified atom stereocenters. The zero-order valence-corrected chi connectivity index (χ0v) is 16.6. The van der Waals surface area contributed by atoms with Gasteiger partial charge in [-0.25, -0.2) is 4.57 Å². The number of nitrogens with zero attached hydrogens (tertiary/aromatic N) is 4. The molecule has 0 bridgehead atoms. The summed E-state index contributed by atoms with van der Waals surface area (Å²) in [5, 5.41) is 10.3. The Morgan fingerprint density at radius 2 is 1.74 bits per heavy atom. The fourth-order valence-corrected chi connectivity index (χ4v) is 4.46. The van der Waals surface area contributed by atoms with Crippen molar-refractivity contribution in [1.82, 2.24) is 19.2 Å². The first kappa shape index (κ1) is 17.8. The summed E-state index contributed by atoms with van der Waals surface area (Å²) in [7, 11) is 0. The van der Waals surface area contributed by atoms with Gasteiger partial charge in [-0.3, -0.25) is 9.20 Å². The summed E-state index contributed by atoms with van der Waals surface area (Å²) >= 11 is 1.69. The van der Waals surface area contributed by atoms with Crippen molar-refractivity contribution in [3.63, 3.8) is 0 Å². The number of thioether (sulfide) groups is 1. The number of hydrogen-bond donors (Lipinski definition) is 0. The molecule has 0 amide bonds. The molecule has 2 aromatic carbocycles. The average Bonchev–Trinajstić information content (AvgIpc) is 3.08. The molecule has 0 aliphatic rings. The number of benzene rings is 2. The first-order chi connectivity index (χ1) is 13.1. The monoisotopic (exact) mass is 378 g/mol. The third-order valence-corrected chi connectivity index (χ3v) is 5.80. The van der Waals surface area contributed by atoms with Gasteiger partial charge >= 0.3 is 0 Å². The van der Waals surface area contributed by atoms with E-state index in [1.165, 1.54) is 0 Å². The standard InChI is InChI=1S/C21H22N4OS/c1-4-5-13-27-21-23-22-20-24(21)17-12-7-6-11-16(17)19(26)25(20)18-14(2)9-8-10-15(18)3/h6-12H,4-5,13H2,1-3H3. The van der Waals surface area contributed by atoms with Gasteiger partial charge in [0.15, 0.2) is 5.16 Å². The molecule has 138 valence electrons. The van der Waals surface area contributed by atoms with E-state index in [1.54, 1.807) is 16.3 Å². The molecule has 0 saturated carbocycles. The van der Waals surface area contributed by atoms with Gasteiger partial charge < -0.3 is 0 Å². The largest absolute Gasteiger partial charge is 0.268 e. The van der Waals surface area contributed by atoms with Crippen molar-refractivity contribution >= 4 is 28.4 Å². The normalized spacial score (nSPS) is 11.5. The number of rotatable bonds is 5. The zero-order chi connectivity index (χ0) is 19.0. The van der Waals surface area contributed by atoms with E-state index in [4.69, 9.17) is 0 Å². The summed E-state index contributed by atoms with van der Waals surface area (Å²) in [6.45, 7) is 6.22. The molecule has 0 spiro atoms. The van der Waals surface area contributed by atoms with Gasteiger partial charge in [0.05, 0.1) is 16.6 Å². The van der Waals surface area contributed by atoms with Gasteiger partial charge in [0.1, 0.15) is 0 Å². The van der Waals surface area contributed by atoms with Crippen LogP contribution in [0.25, 0.3) is 22.4 Å². The summed E-state index contributed by atoms with van der Waals surface area (Å²) in [4.78, 5) is 13.4. The molecular weight excluding hydrogens is 356 g/mol. The van der Waals surface area contributed by atoms with Crippen LogP contribution in [0.4, 0.5) is 0 Å². The van der Waals surface area contributed by atoms with E-state index in [9.17, 15) is 4.79 Å². The quantitative estimate of drug-likeness (QED) is 0.378. The van der Waals surface area contributed by atoms with Gasteiger partial charge in [-0.15, -0.1) is 10.2 Å². The van der Waals surface area contributed by atoms with Gasteiger partial charge in [0.2, 0.25) is 5.78 Å². The lowest BCUT2D eigenvalue weighted by molar-refractivity contribution is 0.883. The van der Waals surface area contributed by atoms with Crippen molar-refractivity contribution in [2.45, 2.75) is 38.8 Å². The average molecular weight is 379 g/mol. The van der Waals surface area contributed by atoms with Gasteiger partial charge in [-0.05, 0) is 43.5 Å². The molecule has 0 aliphatic carbocycles. The molecule has 4 rings (SSSR count). The number of aromatic nitrogens is 4. The van der Waals surface area contributed by atoms with Crippen molar-refractivity contribution in [3.05, 3.63) is 63.9 Å². The Morgan fingerprint density at radius 1 is 1.00 bits per heavy atom. The lowest BCUT2D eigenvalue weighted by Crippen LogP contribution is -2.23. The van der Waals surface area contributed by atoms with Crippen molar-refractivity contribution in [2.75, 3.05) is 5.75 Å². The Labute approximate surface area is 162 Å². The summed E-state index contributed by atoms with van der Waals surface area (Å²) in [6.07, 6.45) is 2.26. The zero-order valence-electron chi connectivity index (χ0n) is 15.8. The highest BCUT2D eigenvalue weighted by Crippen LogP contribution is 2.26. The van der Waals surface area contributed by atoms with E-state index < -0.39 is 0 Å². The van der Waals surface area contributed by atoms with Crippen LogP contribution in [0, 0.1) is 13.8 Å². The second-order valence-electron chi connectivity index (χ2n) is 6.72. The minimum absolute atomic E-state index is 0.0620. The second-order valence-corrected chi connectivity index (χ2v) is 7.78. The van der Waals surface area contributed by atoms with Crippen LogP contribution >= 0.6 is 11.8 Å². The minimum Gasteiger partial charge on any atom is -0.268 e. The third-order valence-electron chi connectivity index (χ3n) is 4.79. The Balaban J connectivity index is 2.10. The Morgan fingerprint density at radius 3 is 2.48 bits per heavy atom. The fraction of sp³-hybridized carbons (Fsp3) is 0.286. The van der Waals surface area contributed by atoms with Crippen molar-refractivity contribution in [2.24, 2.45) is 0 Å². The predicted octanol–water partition coefficient (Wildman–Crippen LogP) is 4.54. The molecule has 2 aromatic heterocycles. The van der Waals surface area contributed by atoms with Gasteiger partial charge in [-0.1, -0.05) is 55.4 Å². The smallest absolute Gasteiger partial charge is 0.267 e. The molecule has 27 heavy (non-hydrogen) atoms. The molecule has 6 heteroatoms. The van der Waals surface area contributed by atoms with Crippen LogP contribution in [0.3, 0.4) is 0 Å². The first-order valence-corrected chi connectivity index (χ1v) is 10.2. The maximum Gasteiger partial charge on any atom is 0.267 e. The SMILES string of the molecule is CCCCSc1nnc2n(-c3c(C)cccc3C)c(=O)c3ccccc3n12. The van der Waals surface area contributed by atoms with E-state index in [0.29, 0.717) is 11.2 Å². The van der Waals surface area contributed by atoms with E-state index in [-0.39, 0.29) is 5.56 Å². The minimum atomic E-state index is -0.0620. The van der Waals surface area contributed by atoms with Crippen molar-refractivity contribution in [1.29, 1.82) is 0 Å². The van der Waals surface area contributed by atoms with Crippen LogP contribution in [-0.4, -0.2) is 24.9 Å². The molecule has 0 fully saturated rings. The maximum absolute atomic E-state index is 13.4. The summed E-state index contributed by atoms with van der Waals surface area (Å²) in [5.41, 5.74) is 3.75. The second kappa shape index (κ2) is 7.19. The number of para-hydroxylation sites is 2. The number of fused-ring (bicyclic) bond motifs is 3. The number of unbranched alkanes of at least 4 members (excludes halogenated alkanes) is 1. The summed E-state index contributed by atoms with van der Waals surface area (Å²) in [6, 6.07) is 13.7. The highest BCUT2D eigenvalue weighted by atomic mass is 32.2. The molecule has 2 heterocycles. The fourth-order valence-electron chi connectivity index (χ4n) is 3.44. The first-order valence-electron chi connectivity index (χ1n) is 9.21. The van der Waals surface area contributed by atoms with Crippen LogP contribution in [0.2, 0.25) is 0 Å². The third kappa shape index (κ3) is 2.94. The van der Waals surface area contributed by atoms with Crippen LogP contribution < -0.4 is 5.56 Å². The Hall–Kier alpha value is -2.60. The molecule has 0 saturated heterocycles. The lowest BCUT2D eigenvalue weighted by atomic mass is 10.1. The van der Waals surface area contributed by atoms with Crippen LogP contribution in [0.1, 0.15) is 30.9 Å². The van der Waals surface area contributed by atoms with Gasteiger partial charge in [0, 0.05) is 5.75 Å². The van der Waals surface area contributed by atoms with Crippen molar-refractivity contribution in [3.8, 4) is 5.69 Å². The van der Waals surface area contributed by atoms with E-state index in [1.807, 2.05) is 60.7 Å². The van der Waals surface area contributed by atoms with Crippen LogP contribution in [-0.2, 0) is 0 Å². The van der Waals surface area contributed by atoms with Gasteiger partial charge in [-0.2, -0.15) is 0 Å². The molecular formula is C21H22N4OS. The maximum atomic E-state index is 13.4. The predicted molar refractivity (Wildman–Crippen MR) is 111 cm³/mol. The van der Waals surface area contributed by atoms with Crippen molar-refractivity contribution < 1.29 is 0 Å². The highest BCUT2D eigenvalue weighted by molar-refractivity contribution is 7.99. The topological polar surface area (TPSA) is 52.2 Å². The number of hydrogen-bond acceptors (Lipinski definition) is 4. The van der Waals surface area contributed by atoms with Gasteiger partial charge in [0.25, 0.3) is 5.56 Å². The summed E-state index contributed by atoms with van der Waals surface area (Å²) in [5.74, 6) is 1.55. The highest BCUT2D eigenvalue weighted by Gasteiger charge is 2.19. The number of aryl methyl sites for hydroxylation is 2. The lowest BCUT2D eigenvalue weighted by Gasteiger charge is -2.15. The Kier molecular flexibility index (Phi) is 4.74. The molecule has 0 atom stereocenters. The van der Waals surface area contributed by atoms with Crippen LogP contribution in [0.5, 0.6) is 0 Å². The molecule has 0 N–H and O–H groups in total. The van der Waals surface area contributed by atoms with E-state index in [2.05, 4.69) is 17.1 Å². The van der Waals surface area contributed by atoms with E-state index >= 15 is 0 Å². The molecule has 0 radical (unpaired) electrons. The van der Waals surface area contributed by atoms with E-state index in [0.717, 1.165) is 46.1 Å². The Bertz CT molecular complexity index is 1170.